The van der Waals surface area contributed by atoms with Gasteiger partial charge in [0.2, 0.25) is 0 Å². The third kappa shape index (κ3) is 2.73. The third-order valence-electron chi connectivity index (χ3n) is 3.68. The normalized spacial score (nSPS) is 11.1. The SMILES string of the molecule is Cn1nccc1CCNCc1cccc2ccccc12. The smallest absolute Gasteiger partial charge is 0.0492 e. The molecule has 0 aliphatic carbocycles. The van der Waals surface area contributed by atoms with Gasteiger partial charge in [-0.2, -0.15) is 5.10 Å². The van der Waals surface area contributed by atoms with Crippen molar-refractivity contribution >= 4 is 10.8 Å². The van der Waals surface area contributed by atoms with Crippen LogP contribution in [0.2, 0.25) is 0 Å². The lowest BCUT2D eigenvalue weighted by molar-refractivity contribution is 0.644. The van der Waals surface area contributed by atoms with Crippen LogP contribution in [0.4, 0.5) is 0 Å². The molecule has 0 amide bonds. The first-order chi connectivity index (χ1) is 9.84. The van der Waals surface area contributed by atoms with E-state index in [2.05, 4.69) is 58.9 Å². The molecule has 102 valence electrons. The van der Waals surface area contributed by atoms with Crippen LogP contribution in [0.25, 0.3) is 10.8 Å². The van der Waals surface area contributed by atoms with E-state index in [0.717, 1.165) is 19.5 Å². The highest BCUT2D eigenvalue weighted by molar-refractivity contribution is 5.85. The first kappa shape index (κ1) is 12.9. The summed E-state index contributed by atoms with van der Waals surface area (Å²) in [6.45, 7) is 1.86. The summed E-state index contributed by atoms with van der Waals surface area (Å²) < 4.78 is 1.93. The number of hydrogen-bond donors (Lipinski definition) is 1. The molecule has 1 heterocycles. The van der Waals surface area contributed by atoms with Crippen molar-refractivity contribution in [1.29, 1.82) is 0 Å². The first-order valence-corrected chi connectivity index (χ1v) is 6.99. The van der Waals surface area contributed by atoms with Crippen LogP contribution in [-0.2, 0) is 20.0 Å². The molecule has 0 fully saturated rings. The number of fused-ring (bicyclic) bond motifs is 1. The second kappa shape index (κ2) is 5.88. The molecule has 0 spiro atoms. The Kier molecular flexibility index (Phi) is 3.79. The van der Waals surface area contributed by atoms with Gasteiger partial charge in [0.15, 0.2) is 0 Å². The molecule has 3 heteroatoms. The Morgan fingerprint density at radius 3 is 2.75 bits per heavy atom. The molecular formula is C17H19N3. The molecule has 1 N–H and O–H groups in total. The van der Waals surface area contributed by atoms with Crippen LogP contribution in [0.5, 0.6) is 0 Å². The molecule has 1 aromatic heterocycles. The molecular weight excluding hydrogens is 246 g/mol. The molecule has 0 atom stereocenters. The number of nitrogens with zero attached hydrogens (tertiary/aromatic N) is 2. The van der Waals surface area contributed by atoms with Gasteiger partial charge in [0.25, 0.3) is 0 Å². The second-order valence-corrected chi connectivity index (χ2v) is 5.01. The van der Waals surface area contributed by atoms with Gasteiger partial charge in [-0.15, -0.1) is 0 Å². The fourth-order valence-electron chi connectivity index (χ4n) is 2.53. The molecule has 3 rings (SSSR count). The van der Waals surface area contributed by atoms with E-state index in [1.54, 1.807) is 0 Å². The van der Waals surface area contributed by atoms with Crippen LogP contribution >= 0.6 is 0 Å². The summed E-state index contributed by atoms with van der Waals surface area (Å²) in [5.41, 5.74) is 2.61. The fourth-order valence-corrected chi connectivity index (χ4v) is 2.53. The average molecular weight is 265 g/mol. The molecule has 0 radical (unpaired) electrons. The van der Waals surface area contributed by atoms with Crippen LogP contribution in [0.15, 0.2) is 54.7 Å². The minimum absolute atomic E-state index is 0.902. The van der Waals surface area contributed by atoms with Crippen molar-refractivity contribution < 1.29 is 0 Å². The Bertz CT molecular complexity index is 695. The number of rotatable bonds is 5. The van der Waals surface area contributed by atoms with Gasteiger partial charge in [-0.3, -0.25) is 4.68 Å². The molecule has 0 saturated carbocycles. The average Bonchev–Trinajstić information content (AvgIpc) is 2.89. The maximum Gasteiger partial charge on any atom is 0.0492 e. The van der Waals surface area contributed by atoms with E-state index in [-0.39, 0.29) is 0 Å². The quantitative estimate of drug-likeness (QED) is 0.719. The lowest BCUT2D eigenvalue weighted by Gasteiger charge is -2.08. The largest absolute Gasteiger partial charge is 0.312 e. The van der Waals surface area contributed by atoms with E-state index in [0.29, 0.717) is 0 Å². The number of aryl methyl sites for hydroxylation is 1. The van der Waals surface area contributed by atoms with Crippen molar-refractivity contribution in [3.05, 3.63) is 66.0 Å². The van der Waals surface area contributed by atoms with Crippen molar-refractivity contribution in [3.8, 4) is 0 Å². The van der Waals surface area contributed by atoms with Gasteiger partial charge in [0, 0.05) is 38.4 Å². The Morgan fingerprint density at radius 1 is 1.05 bits per heavy atom. The third-order valence-corrected chi connectivity index (χ3v) is 3.68. The maximum absolute atomic E-state index is 4.18. The highest BCUT2D eigenvalue weighted by atomic mass is 15.3. The van der Waals surface area contributed by atoms with Crippen LogP contribution in [0.3, 0.4) is 0 Å². The predicted molar refractivity (Wildman–Crippen MR) is 82.6 cm³/mol. The van der Waals surface area contributed by atoms with Gasteiger partial charge in [-0.05, 0) is 22.4 Å². The molecule has 0 aliphatic rings. The minimum Gasteiger partial charge on any atom is -0.312 e. The Balaban J connectivity index is 1.62. The Morgan fingerprint density at radius 2 is 1.90 bits per heavy atom. The number of benzene rings is 2. The summed E-state index contributed by atoms with van der Waals surface area (Å²) in [6.07, 6.45) is 2.85. The molecule has 20 heavy (non-hydrogen) atoms. The number of hydrogen-bond acceptors (Lipinski definition) is 2. The van der Waals surface area contributed by atoms with Crippen molar-refractivity contribution in [3.63, 3.8) is 0 Å². The van der Waals surface area contributed by atoms with Gasteiger partial charge in [0.05, 0.1) is 0 Å². The Hall–Kier alpha value is -2.13. The molecule has 0 bridgehead atoms. The molecule has 0 aliphatic heterocycles. The van der Waals surface area contributed by atoms with E-state index in [4.69, 9.17) is 0 Å². The van der Waals surface area contributed by atoms with Crippen LogP contribution in [0, 0.1) is 0 Å². The van der Waals surface area contributed by atoms with E-state index < -0.39 is 0 Å². The highest BCUT2D eigenvalue weighted by Crippen LogP contribution is 2.18. The van der Waals surface area contributed by atoms with E-state index in [1.165, 1.54) is 22.0 Å². The first-order valence-electron chi connectivity index (χ1n) is 6.99. The molecule has 3 nitrogen and oxygen atoms in total. The lowest BCUT2D eigenvalue weighted by atomic mass is 10.0. The minimum atomic E-state index is 0.902. The van der Waals surface area contributed by atoms with Crippen LogP contribution < -0.4 is 5.32 Å². The van der Waals surface area contributed by atoms with Crippen molar-refractivity contribution in [2.24, 2.45) is 7.05 Å². The van der Waals surface area contributed by atoms with Crippen molar-refractivity contribution in [2.75, 3.05) is 6.54 Å². The molecule has 2 aromatic carbocycles. The summed E-state index contributed by atoms with van der Waals surface area (Å²) in [7, 11) is 1.99. The van der Waals surface area contributed by atoms with Gasteiger partial charge in [-0.25, -0.2) is 0 Å². The zero-order valence-electron chi connectivity index (χ0n) is 11.7. The zero-order valence-corrected chi connectivity index (χ0v) is 11.7. The van der Waals surface area contributed by atoms with Crippen LogP contribution in [0.1, 0.15) is 11.3 Å². The number of nitrogens with one attached hydrogen (secondary N) is 1. The molecule has 0 saturated heterocycles. The van der Waals surface area contributed by atoms with Gasteiger partial charge in [0.1, 0.15) is 0 Å². The molecule has 3 aromatic rings. The summed E-state index contributed by atoms with van der Waals surface area (Å²) >= 11 is 0. The van der Waals surface area contributed by atoms with Gasteiger partial charge in [-0.1, -0.05) is 42.5 Å². The van der Waals surface area contributed by atoms with Gasteiger partial charge >= 0.3 is 0 Å². The topological polar surface area (TPSA) is 29.9 Å². The zero-order chi connectivity index (χ0) is 13.8. The van der Waals surface area contributed by atoms with E-state index >= 15 is 0 Å². The summed E-state index contributed by atoms with van der Waals surface area (Å²) in [5.74, 6) is 0. The highest BCUT2D eigenvalue weighted by Gasteiger charge is 2.01. The summed E-state index contributed by atoms with van der Waals surface area (Å²) in [6, 6.07) is 17.1. The predicted octanol–water partition coefficient (Wildman–Crippen LogP) is 2.91. The summed E-state index contributed by atoms with van der Waals surface area (Å²) in [4.78, 5) is 0. The summed E-state index contributed by atoms with van der Waals surface area (Å²) in [5, 5.41) is 10.3. The van der Waals surface area contributed by atoms with Crippen molar-refractivity contribution in [1.82, 2.24) is 15.1 Å². The second-order valence-electron chi connectivity index (χ2n) is 5.01. The van der Waals surface area contributed by atoms with Gasteiger partial charge < -0.3 is 5.32 Å². The Labute approximate surface area is 119 Å². The van der Waals surface area contributed by atoms with Crippen molar-refractivity contribution in [2.45, 2.75) is 13.0 Å². The molecule has 0 unspecified atom stereocenters. The number of aromatic nitrogens is 2. The van der Waals surface area contributed by atoms with Crippen LogP contribution in [-0.4, -0.2) is 16.3 Å². The monoisotopic (exact) mass is 265 g/mol. The van der Waals surface area contributed by atoms with E-state index in [9.17, 15) is 0 Å². The lowest BCUT2D eigenvalue weighted by Crippen LogP contribution is -2.18. The fraction of sp³-hybridized carbons (Fsp3) is 0.235. The standard InChI is InChI=1S/C17H19N3/c1-20-16(10-12-19-20)9-11-18-13-15-7-4-6-14-5-2-3-8-17(14)15/h2-8,10,12,18H,9,11,13H2,1H3. The van der Waals surface area contributed by atoms with E-state index in [1.807, 2.05) is 17.9 Å². The maximum atomic E-state index is 4.18.